The highest BCUT2D eigenvalue weighted by Gasteiger charge is 2.66. The van der Waals surface area contributed by atoms with Crippen molar-refractivity contribution in [3.05, 3.63) is 64.7 Å². The van der Waals surface area contributed by atoms with Gasteiger partial charge in [0.05, 0.1) is 5.92 Å². The molecule has 5 rings (SSSR count). The van der Waals surface area contributed by atoms with Crippen LogP contribution < -0.4 is 10.2 Å². The second kappa shape index (κ2) is 7.40. The zero-order valence-corrected chi connectivity index (χ0v) is 17.9. The zero-order chi connectivity index (χ0) is 20.9. The number of hydrogen-bond donors (Lipinski definition) is 1. The maximum absolute atomic E-state index is 13.7. The SMILES string of the molecule is CN1C(=O)[C@@]2(c3ccccc31)[C@@H](C(=O)NCCc1ccc(Cl)cc1)C[C@H]1CCCN12. The number of halogens is 1. The standard InChI is InChI=1S/C24H26ClN3O2/c1-27-21-7-3-2-6-19(21)24(23(27)30)20(15-18-5-4-14-28(18)24)22(29)26-13-12-16-8-10-17(25)11-9-16/h2-3,6-11,18,20H,4-5,12-15H2,1H3,(H,26,29)/t18-,20-,24-/m1/s1. The van der Waals surface area contributed by atoms with Crippen LogP contribution in [0.25, 0.3) is 0 Å². The first-order valence-corrected chi connectivity index (χ1v) is 11.1. The lowest BCUT2D eigenvalue weighted by atomic mass is 9.78. The third-order valence-electron chi connectivity index (χ3n) is 7.09. The molecule has 0 bridgehead atoms. The fourth-order valence-electron chi connectivity index (χ4n) is 5.77. The number of anilines is 1. The maximum atomic E-state index is 13.7. The second-order valence-corrected chi connectivity index (χ2v) is 9.03. The van der Waals surface area contributed by atoms with Crippen LogP contribution >= 0.6 is 11.6 Å². The number of amides is 2. The third kappa shape index (κ3) is 2.79. The van der Waals surface area contributed by atoms with Crippen LogP contribution in [0.4, 0.5) is 5.69 Å². The van der Waals surface area contributed by atoms with Crippen molar-refractivity contribution in [1.82, 2.24) is 10.2 Å². The summed E-state index contributed by atoms with van der Waals surface area (Å²) >= 11 is 5.95. The van der Waals surface area contributed by atoms with Gasteiger partial charge in [0.15, 0.2) is 0 Å². The summed E-state index contributed by atoms with van der Waals surface area (Å²) in [5.74, 6) is -0.352. The Kier molecular flexibility index (Phi) is 4.83. The molecule has 6 heteroatoms. The van der Waals surface area contributed by atoms with Gasteiger partial charge >= 0.3 is 0 Å². The number of para-hydroxylation sites is 1. The normalized spacial score (nSPS) is 27.5. The van der Waals surface area contributed by atoms with E-state index < -0.39 is 5.54 Å². The molecule has 2 aromatic rings. The van der Waals surface area contributed by atoms with Crippen molar-refractivity contribution in [2.75, 3.05) is 25.0 Å². The molecule has 0 saturated carbocycles. The van der Waals surface area contributed by atoms with Crippen LogP contribution in [-0.2, 0) is 21.5 Å². The van der Waals surface area contributed by atoms with Crippen LogP contribution in [0.2, 0.25) is 5.02 Å². The Hall–Kier alpha value is -2.37. The highest BCUT2D eigenvalue weighted by molar-refractivity contribution is 6.30. The van der Waals surface area contributed by atoms with Gasteiger partial charge < -0.3 is 10.2 Å². The first-order chi connectivity index (χ1) is 14.5. The number of benzene rings is 2. The molecule has 0 aliphatic carbocycles. The quantitative estimate of drug-likeness (QED) is 0.820. The number of fused-ring (bicyclic) bond motifs is 4. The van der Waals surface area contributed by atoms with E-state index in [2.05, 4.69) is 10.2 Å². The predicted octanol–water partition coefficient (Wildman–Crippen LogP) is 3.35. The van der Waals surface area contributed by atoms with Crippen LogP contribution in [0.1, 0.15) is 30.4 Å². The molecule has 0 aromatic heterocycles. The van der Waals surface area contributed by atoms with Crippen LogP contribution in [0, 0.1) is 5.92 Å². The van der Waals surface area contributed by atoms with Crippen molar-refractivity contribution in [3.63, 3.8) is 0 Å². The van der Waals surface area contributed by atoms with Crippen LogP contribution in [0.5, 0.6) is 0 Å². The molecule has 1 N–H and O–H groups in total. The van der Waals surface area contributed by atoms with Gasteiger partial charge in [0, 0.05) is 35.9 Å². The molecule has 156 valence electrons. The summed E-state index contributed by atoms with van der Waals surface area (Å²) in [6, 6.07) is 15.9. The average Bonchev–Trinajstić information content (AvgIpc) is 3.40. The van der Waals surface area contributed by atoms with Crippen LogP contribution in [-0.4, -0.2) is 42.9 Å². The monoisotopic (exact) mass is 423 g/mol. The largest absolute Gasteiger partial charge is 0.355 e. The highest BCUT2D eigenvalue weighted by atomic mass is 35.5. The van der Waals surface area contributed by atoms with Crippen molar-refractivity contribution >= 4 is 29.1 Å². The summed E-state index contributed by atoms with van der Waals surface area (Å²) in [6.45, 7) is 1.41. The van der Waals surface area contributed by atoms with Gasteiger partial charge in [-0.15, -0.1) is 0 Å². The molecule has 3 atom stereocenters. The number of likely N-dealkylation sites (N-methyl/N-ethyl adjacent to an activating group) is 1. The summed E-state index contributed by atoms with van der Waals surface area (Å²) < 4.78 is 0. The molecule has 0 unspecified atom stereocenters. The number of hydrogen-bond acceptors (Lipinski definition) is 3. The van der Waals surface area contributed by atoms with E-state index in [1.807, 2.05) is 55.6 Å². The van der Waals surface area contributed by atoms with E-state index in [9.17, 15) is 9.59 Å². The van der Waals surface area contributed by atoms with Gasteiger partial charge in [-0.3, -0.25) is 14.5 Å². The number of carbonyl (C=O) groups excluding carboxylic acids is 2. The molecule has 5 nitrogen and oxygen atoms in total. The fraction of sp³-hybridized carbons (Fsp3) is 0.417. The molecule has 2 aromatic carbocycles. The van der Waals surface area contributed by atoms with E-state index in [0.29, 0.717) is 17.6 Å². The lowest BCUT2D eigenvalue weighted by Gasteiger charge is -2.37. The van der Waals surface area contributed by atoms with E-state index in [0.717, 1.165) is 49.0 Å². The molecule has 2 fully saturated rings. The van der Waals surface area contributed by atoms with Gasteiger partial charge in [-0.2, -0.15) is 0 Å². The van der Waals surface area contributed by atoms with E-state index in [-0.39, 0.29) is 17.7 Å². The lowest BCUT2D eigenvalue weighted by molar-refractivity contribution is -0.138. The minimum atomic E-state index is -0.864. The van der Waals surface area contributed by atoms with Crippen molar-refractivity contribution in [1.29, 1.82) is 0 Å². The van der Waals surface area contributed by atoms with Crippen molar-refractivity contribution in [3.8, 4) is 0 Å². The van der Waals surface area contributed by atoms with E-state index in [1.165, 1.54) is 0 Å². The predicted molar refractivity (Wildman–Crippen MR) is 118 cm³/mol. The van der Waals surface area contributed by atoms with E-state index in [1.54, 1.807) is 4.90 Å². The molecule has 3 aliphatic rings. The molecule has 2 saturated heterocycles. The van der Waals surface area contributed by atoms with Gasteiger partial charge in [-0.1, -0.05) is 41.9 Å². The summed E-state index contributed by atoms with van der Waals surface area (Å²) in [7, 11) is 1.83. The Balaban J connectivity index is 1.42. The fourth-order valence-corrected chi connectivity index (χ4v) is 5.90. The maximum Gasteiger partial charge on any atom is 0.252 e. The van der Waals surface area contributed by atoms with Crippen molar-refractivity contribution < 1.29 is 9.59 Å². The molecule has 3 aliphatic heterocycles. The summed E-state index contributed by atoms with van der Waals surface area (Å²) in [5.41, 5.74) is 2.17. The Labute approximate surface area is 182 Å². The molecule has 2 amide bonds. The van der Waals surface area contributed by atoms with Crippen molar-refractivity contribution in [2.45, 2.75) is 37.3 Å². The number of rotatable bonds is 4. The minimum absolute atomic E-state index is 0.0168. The lowest BCUT2D eigenvalue weighted by Crippen LogP contribution is -2.55. The number of carbonyl (C=O) groups is 2. The summed E-state index contributed by atoms with van der Waals surface area (Å²) in [4.78, 5) is 31.1. The molecule has 0 radical (unpaired) electrons. The number of nitrogens with zero attached hydrogens (tertiary/aromatic N) is 2. The summed E-state index contributed by atoms with van der Waals surface area (Å²) in [5, 5.41) is 3.83. The van der Waals surface area contributed by atoms with Crippen LogP contribution in [0.15, 0.2) is 48.5 Å². The van der Waals surface area contributed by atoms with Gasteiger partial charge in [0.25, 0.3) is 5.91 Å². The van der Waals surface area contributed by atoms with E-state index >= 15 is 0 Å². The Morgan fingerprint density at radius 3 is 2.77 bits per heavy atom. The number of nitrogens with one attached hydrogen (secondary N) is 1. The Morgan fingerprint density at radius 1 is 1.20 bits per heavy atom. The second-order valence-electron chi connectivity index (χ2n) is 8.59. The third-order valence-corrected chi connectivity index (χ3v) is 7.34. The smallest absolute Gasteiger partial charge is 0.252 e. The molecule has 30 heavy (non-hydrogen) atoms. The van der Waals surface area contributed by atoms with Crippen LogP contribution in [0.3, 0.4) is 0 Å². The average molecular weight is 424 g/mol. The summed E-state index contributed by atoms with van der Waals surface area (Å²) in [6.07, 6.45) is 3.60. The first-order valence-electron chi connectivity index (χ1n) is 10.7. The van der Waals surface area contributed by atoms with Crippen molar-refractivity contribution in [2.24, 2.45) is 5.92 Å². The van der Waals surface area contributed by atoms with Gasteiger partial charge in [-0.05, 0) is 56.0 Å². The van der Waals surface area contributed by atoms with Gasteiger partial charge in [0.1, 0.15) is 5.54 Å². The van der Waals surface area contributed by atoms with E-state index in [4.69, 9.17) is 11.6 Å². The van der Waals surface area contributed by atoms with Gasteiger partial charge in [-0.25, -0.2) is 0 Å². The Bertz CT molecular complexity index is 992. The minimum Gasteiger partial charge on any atom is -0.355 e. The topological polar surface area (TPSA) is 52.7 Å². The molecule has 1 spiro atoms. The van der Waals surface area contributed by atoms with Gasteiger partial charge in [0.2, 0.25) is 5.91 Å². The zero-order valence-electron chi connectivity index (χ0n) is 17.1. The molecular formula is C24H26ClN3O2. The highest BCUT2D eigenvalue weighted by Crippen LogP contribution is 2.56. The Morgan fingerprint density at radius 2 is 1.97 bits per heavy atom. The molecular weight excluding hydrogens is 398 g/mol. The first kappa shape index (κ1) is 19.6. The molecule has 3 heterocycles.